The van der Waals surface area contributed by atoms with E-state index in [1.54, 1.807) is 19.2 Å². The first-order valence-corrected chi connectivity index (χ1v) is 11.5. The Morgan fingerprint density at radius 2 is 1.78 bits per heavy atom. The molecule has 1 heterocycles. The molecular formula is C25H25N3O7S. The van der Waals surface area contributed by atoms with Gasteiger partial charge in [0.1, 0.15) is 5.58 Å². The van der Waals surface area contributed by atoms with E-state index in [1.165, 1.54) is 12.1 Å². The average Bonchev–Trinajstić information content (AvgIpc) is 3.22. The van der Waals surface area contributed by atoms with Gasteiger partial charge >= 0.3 is 0 Å². The molecule has 36 heavy (non-hydrogen) atoms. The molecule has 4 rings (SSSR count). The molecule has 0 bridgehead atoms. The van der Waals surface area contributed by atoms with Gasteiger partial charge in [-0.05, 0) is 24.6 Å². The number of non-ortho nitro benzene ring substituents is 1. The molecular weight excluding hydrogens is 486 g/mol. The second kappa shape index (κ2) is 12.0. The van der Waals surface area contributed by atoms with Crippen LogP contribution in [-0.2, 0) is 4.79 Å². The SMILES string of the molecule is CC(NC(=O)CC(S)C[N+](=O)[O-])c1ccccc1.COc1cccc2c1oc1ccc([N+](=O)[O-])cc12. The van der Waals surface area contributed by atoms with Gasteiger partial charge in [-0.25, -0.2) is 0 Å². The number of fused-ring (bicyclic) bond motifs is 3. The van der Waals surface area contributed by atoms with Crippen LogP contribution >= 0.6 is 12.6 Å². The van der Waals surface area contributed by atoms with Crippen molar-refractivity contribution < 1.29 is 23.8 Å². The zero-order chi connectivity index (χ0) is 26.2. The summed E-state index contributed by atoms with van der Waals surface area (Å²) in [6, 6.07) is 19.4. The van der Waals surface area contributed by atoms with Crippen molar-refractivity contribution in [1.82, 2.24) is 5.32 Å². The van der Waals surface area contributed by atoms with Crippen LogP contribution in [0.2, 0.25) is 0 Å². The van der Waals surface area contributed by atoms with Gasteiger partial charge in [0.25, 0.3) is 5.69 Å². The van der Waals surface area contributed by atoms with E-state index >= 15 is 0 Å². The molecule has 2 atom stereocenters. The van der Waals surface area contributed by atoms with Crippen molar-refractivity contribution in [3.05, 3.63) is 92.5 Å². The van der Waals surface area contributed by atoms with E-state index in [0.717, 1.165) is 16.3 Å². The zero-order valence-electron chi connectivity index (χ0n) is 19.6. The number of carbonyl (C=O) groups is 1. The second-order valence-electron chi connectivity index (χ2n) is 7.95. The smallest absolute Gasteiger partial charge is 0.270 e. The van der Waals surface area contributed by atoms with E-state index in [-0.39, 0.29) is 30.6 Å². The van der Waals surface area contributed by atoms with Gasteiger partial charge in [-0.1, -0.05) is 42.5 Å². The molecule has 4 aromatic rings. The maximum Gasteiger partial charge on any atom is 0.270 e. The van der Waals surface area contributed by atoms with E-state index in [2.05, 4.69) is 17.9 Å². The summed E-state index contributed by atoms with van der Waals surface area (Å²) in [4.78, 5) is 31.8. The highest BCUT2D eigenvalue weighted by atomic mass is 32.1. The Morgan fingerprint density at radius 3 is 2.42 bits per heavy atom. The van der Waals surface area contributed by atoms with Crippen LogP contribution < -0.4 is 10.1 Å². The van der Waals surface area contributed by atoms with Crippen LogP contribution in [0.1, 0.15) is 24.9 Å². The number of hydrogen-bond acceptors (Lipinski definition) is 8. The molecule has 10 nitrogen and oxygen atoms in total. The van der Waals surface area contributed by atoms with E-state index in [4.69, 9.17) is 9.15 Å². The van der Waals surface area contributed by atoms with E-state index in [0.29, 0.717) is 16.9 Å². The highest BCUT2D eigenvalue weighted by Gasteiger charge is 2.17. The van der Waals surface area contributed by atoms with Crippen LogP contribution in [0.15, 0.2) is 71.1 Å². The van der Waals surface area contributed by atoms with Gasteiger partial charge in [0, 0.05) is 34.2 Å². The molecule has 0 radical (unpaired) electrons. The number of ether oxygens (including phenoxy) is 1. The molecule has 0 spiro atoms. The molecule has 0 fully saturated rings. The molecule has 11 heteroatoms. The highest BCUT2D eigenvalue weighted by molar-refractivity contribution is 7.81. The van der Waals surface area contributed by atoms with Crippen LogP contribution in [0.3, 0.4) is 0 Å². The fourth-order valence-corrected chi connectivity index (χ4v) is 3.91. The topological polar surface area (TPSA) is 138 Å². The van der Waals surface area contributed by atoms with Crippen LogP contribution in [0.5, 0.6) is 5.75 Å². The maximum absolute atomic E-state index is 11.6. The molecule has 0 saturated carbocycles. The standard InChI is InChI=1S/C13H9NO4.C12H16N2O3S/c1-17-12-4-2-3-9-10-7-8(14(15)16)5-6-11(10)18-13(9)12;1-9(10-5-3-2-4-6-10)13-12(15)7-11(18)8-14(16)17/h2-7H,1H3;2-6,9,11,18H,7-8H2,1H3,(H,13,15). The number of nitrogens with zero attached hydrogens (tertiary/aromatic N) is 2. The van der Waals surface area contributed by atoms with Gasteiger partial charge in [-0.3, -0.25) is 25.0 Å². The number of nitro benzene ring substituents is 1. The highest BCUT2D eigenvalue weighted by Crippen LogP contribution is 2.35. The van der Waals surface area contributed by atoms with Crippen LogP contribution in [0.4, 0.5) is 5.69 Å². The summed E-state index contributed by atoms with van der Waals surface area (Å²) in [5, 5.41) is 24.8. The number of amides is 1. The number of rotatable bonds is 8. The number of carbonyl (C=O) groups excluding carboxylic acids is 1. The van der Waals surface area contributed by atoms with Gasteiger partial charge in [0.05, 0.1) is 23.3 Å². The number of thiol groups is 1. The van der Waals surface area contributed by atoms with Gasteiger partial charge in [0.15, 0.2) is 11.3 Å². The Kier molecular flexibility index (Phi) is 8.85. The molecule has 1 amide bonds. The van der Waals surface area contributed by atoms with Gasteiger partial charge in [0.2, 0.25) is 12.5 Å². The van der Waals surface area contributed by atoms with Crippen LogP contribution in [0, 0.1) is 20.2 Å². The third-order valence-corrected chi connectivity index (χ3v) is 5.68. The lowest BCUT2D eigenvalue weighted by atomic mass is 10.1. The third kappa shape index (κ3) is 6.72. The lowest BCUT2D eigenvalue weighted by molar-refractivity contribution is -0.478. The lowest BCUT2D eigenvalue weighted by Crippen LogP contribution is -2.30. The van der Waals surface area contributed by atoms with Crippen LogP contribution in [0.25, 0.3) is 21.9 Å². The van der Waals surface area contributed by atoms with Crippen molar-refractivity contribution in [3.63, 3.8) is 0 Å². The van der Waals surface area contributed by atoms with Crippen molar-refractivity contribution in [2.75, 3.05) is 13.7 Å². The minimum atomic E-state index is -0.553. The first kappa shape index (κ1) is 26.5. The molecule has 3 aromatic carbocycles. The predicted octanol–water partition coefficient (Wildman–Crippen LogP) is 5.33. The first-order chi connectivity index (χ1) is 17.2. The van der Waals surface area contributed by atoms with Crippen molar-refractivity contribution in [2.24, 2.45) is 0 Å². The minimum absolute atomic E-state index is 0.0429. The summed E-state index contributed by atoms with van der Waals surface area (Å²) in [7, 11) is 1.56. The summed E-state index contributed by atoms with van der Waals surface area (Å²) >= 11 is 4.02. The zero-order valence-corrected chi connectivity index (χ0v) is 20.5. The fraction of sp³-hybridized carbons (Fsp3) is 0.240. The van der Waals surface area contributed by atoms with Gasteiger partial charge in [-0.2, -0.15) is 12.6 Å². The van der Waals surface area contributed by atoms with Crippen molar-refractivity contribution in [3.8, 4) is 5.75 Å². The molecule has 1 N–H and O–H groups in total. The van der Waals surface area contributed by atoms with E-state index in [9.17, 15) is 25.0 Å². The normalized spacial score (nSPS) is 12.3. The quantitative estimate of drug-likeness (QED) is 0.185. The second-order valence-corrected chi connectivity index (χ2v) is 8.68. The Labute approximate surface area is 211 Å². The van der Waals surface area contributed by atoms with Gasteiger partial charge < -0.3 is 14.5 Å². The number of nitro groups is 2. The number of methoxy groups -OCH3 is 1. The fourth-order valence-electron chi connectivity index (χ4n) is 3.61. The average molecular weight is 512 g/mol. The van der Waals surface area contributed by atoms with Gasteiger partial charge in [-0.15, -0.1) is 0 Å². The van der Waals surface area contributed by atoms with E-state index in [1.807, 2.05) is 49.4 Å². The number of benzene rings is 3. The number of hydrogen-bond donors (Lipinski definition) is 2. The monoisotopic (exact) mass is 511 g/mol. The molecule has 1 aromatic heterocycles. The molecule has 0 aliphatic rings. The largest absolute Gasteiger partial charge is 0.493 e. The summed E-state index contributed by atoms with van der Waals surface area (Å²) in [5.41, 5.74) is 2.26. The molecule has 0 aliphatic heterocycles. The Morgan fingerprint density at radius 1 is 1.06 bits per heavy atom. The van der Waals surface area contributed by atoms with Crippen molar-refractivity contribution in [1.29, 1.82) is 0 Å². The van der Waals surface area contributed by atoms with E-state index < -0.39 is 15.1 Å². The summed E-state index contributed by atoms with van der Waals surface area (Å²) in [5.74, 6) is 0.388. The molecule has 0 aliphatic carbocycles. The van der Waals surface area contributed by atoms with Crippen LogP contribution in [-0.4, -0.2) is 34.7 Å². The summed E-state index contributed by atoms with van der Waals surface area (Å²) in [6.07, 6.45) is 0.0429. The number of para-hydroxylation sites is 1. The Balaban J connectivity index is 0.000000201. The maximum atomic E-state index is 11.6. The number of furan rings is 1. The lowest BCUT2D eigenvalue weighted by Gasteiger charge is -2.15. The summed E-state index contributed by atoms with van der Waals surface area (Å²) < 4.78 is 10.9. The van der Waals surface area contributed by atoms with Crippen molar-refractivity contribution in [2.45, 2.75) is 24.6 Å². The number of nitrogens with one attached hydrogen (secondary N) is 1. The Bertz CT molecular complexity index is 1370. The van der Waals surface area contributed by atoms with Crippen molar-refractivity contribution >= 4 is 46.2 Å². The Hall–Kier alpha value is -4.12. The minimum Gasteiger partial charge on any atom is -0.493 e. The first-order valence-electron chi connectivity index (χ1n) is 11.0. The molecule has 0 saturated heterocycles. The molecule has 188 valence electrons. The molecule has 2 unspecified atom stereocenters. The third-order valence-electron chi connectivity index (χ3n) is 5.33. The predicted molar refractivity (Wildman–Crippen MR) is 139 cm³/mol. The summed E-state index contributed by atoms with van der Waals surface area (Å²) in [6.45, 7) is 1.56.